The molecule has 1 fully saturated rings. The van der Waals surface area contributed by atoms with E-state index in [4.69, 9.17) is 10.5 Å². The van der Waals surface area contributed by atoms with Gasteiger partial charge in [-0.05, 0) is 36.8 Å². The number of carbonyl (C=O) groups excluding carboxylic acids is 1. The minimum absolute atomic E-state index is 0.0400. The Hall–Kier alpha value is -1.04. The van der Waals surface area contributed by atoms with Gasteiger partial charge in [-0.1, -0.05) is 12.1 Å². The molecule has 2 unspecified atom stereocenters. The molecule has 1 heterocycles. The van der Waals surface area contributed by atoms with Crippen molar-refractivity contribution in [2.45, 2.75) is 36.5 Å². The van der Waals surface area contributed by atoms with E-state index in [1.165, 1.54) is 4.90 Å². The highest BCUT2D eigenvalue weighted by molar-refractivity contribution is 7.98. The van der Waals surface area contributed by atoms with Crippen molar-refractivity contribution >= 4 is 17.7 Å². The predicted octanol–water partition coefficient (Wildman–Crippen LogP) is 1.87. The quantitative estimate of drug-likeness (QED) is 0.842. The van der Waals surface area contributed by atoms with Crippen molar-refractivity contribution in [2.24, 2.45) is 5.73 Å². The molecule has 0 spiro atoms. The van der Waals surface area contributed by atoms with Crippen LogP contribution >= 0.6 is 11.8 Å². The third kappa shape index (κ3) is 3.75. The second-order valence-corrected chi connectivity index (χ2v) is 5.98. The molecule has 4 nitrogen and oxygen atoms in total. The fourth-order valence-electron chi connectivity index (χ4n) is 2.39. The van der Waals surface area contributed by atoms with E-state index < -0.39 is 0 Å². The molecule has 1 saturated heterocycles. The first-order valence-electron chi connectivity index (χ1n) is 6.87. The van der Waals surface area contributed by atoms with Gasteiger partial charge in [0.25, 0.3) is 5.91 Å². The van der Waals surface area contributed by atoms with Gasteiger partial charge in [-0.15, -0.1) is 11.8 Å². The molecule has 1 aromatic rings. The number of benzene rings is 1. The van der Waals surface area contributed by atoms with Gasteiger partial charge in [0.15, 0.2) is 0 Å². The van der Waals surface area contributed by atoms with E-state index in [-0.39, 0.29) is 18.1 Å². The second kappa shape index (κ2) is 7.11. The minimum atomic E-state index is -0.320. The number of amides is 1. The predicted molar refractivity (Wildman–Crippen MR) is 81.6 cm³/mol. The Kier molecular flexibility index (Phi) is 5.46. The molecule has 2 N–H and O–H groups in total. The number of ether oxygens (including phenoxy) is 1. The SMILES string of the molecule is CSc1ccc(CN(C)C(=O)C2CCC(CN)O2)cc1. The molecule has 0 aromatic heterocycles. The lowest BCUT2D eigenvalue weighted by atomic mass is 10.1. The number of hydrogen-bond donors (Lipinski definition) is 1. The topological polar surface area (TPSA) is 55.6 Å². The summed E-state index contributed by atoms with van der Waals surface area (Å²) in [7, 11) is 1.82. The zero-order valence-corrected chi connectivity index (χ0v) is 12.9. The Bertz CT molecular complexity index is 450. The fourth-order valence-corrected chi connectivity index (χ4v) is 2.80. The first-order chi connectivity index (χ1) is 9.63. The Morgan fingerprint density at radius 1 is 1.40 bits per heavy atom. The Balaban J connectivity index is 1.90. The summed E-state index contributed by atoms with van der Waals surface area (Å²) in [6, 6.07) is 8.28. The summed E-state index contributed by atoms with van der Waals surface area (Å²) in [5, 5.41) is 0. The van der Waals surface area contributed by atoms with Crippen LogP contribution in [0.15, 0.2) is 29.2 Å². The van der Waals surface area contributed by atoms with Crippen LogP contribution in [0.3, 0.4) is 0 Å². The van der Waals surface area contributed by atoms with E-state index in [0.29, 0.717) is 13.1 Å². The van der Waals surface area contributed by atoms with Gasteiger partial charge in [0.1, 0.15) is 6.10 Å². The number of nitrogens with zero attached hydrogens (tertiary/aromatic N) is 1. The van der Waals surface area contributed by atoms with Crippen molar-refractivity contribution in [3.63, 3.8) is 0 Å². The molecule has 2 atom stereocenters. The monoisotopic (exact) mass is 294 g/mol. The highest BCUT2D eigenvalue weighted by Crippen LogP contribution is 2.21. The molecule has 1 amide bonds. The van der Waals surface area contributed by atoms with Crippen molar-refractivity contribution in [1.82, 2.24) is 4.90 Å². The van der Waals surface area contributed by atoms with Crippen molar-refractivity contribution in [1.29, 1.82) is 0 Å². The molecule has 1 aromatic carbocycles. The van der Waals surface area contributed by atoms with Crippen molar-refractivity contribution in [3.8, 4) is 0 Å². The molecule has 0 radical (unpaired) electrons. The molecule has 1 aliphatic rings. The number of likely N-dealkylation sites (N-methyl/N-ethyl adjacent to an activating group) is 1. The van der Waals surface area contributed by atoms with E-state index in [1.807, 2.05) is 7.05 Å². The number of rotatable bonds is 5. The Morgan fingerprint density at radius 3 is 2.65 bits per heavy atom. The van der Waals surface area contributed by atoms with Gasteiger partial charge in [-0.25, -0.2) is 0 Å². The summed E-state index contributed by atoms with van der Waals surface area (Å²) in [5.41, 5.74) is 6.70. The highest BCUT2D eigenvalue weighted by Gasteiger charge is 2.31. The molecule has 1 aliphatic heterocycles. The van der Waals surface area contributed by atoms with E-state index in [1.54, 1.807) is 16.7 Å². The number of nitrogens with two attached hydrogens (primary N) is 1. The third-order valence-corrected chi connectivity index (χ3v) is 4.34. The van der Waals surface area contributed by atoms with E-state index >= 15 is 0 Å². The van der Waals surface area contributed by atoms with Crippen LogP contribution in [0.2, 0.25) is 0 Å². The molecular formula is C15H22N2O2S. The summed E-state index contributed by atoms with van der Waals surface area (Å²) in [6.45, 7) is 1.10. The van der Waals surface area contributed by atoms with Gasteiger partial charge in [-0.2, -0.15) is 0 Å². The zero-order valence-electron chi connectivity index (χ0n) is 12.0. The standard InChI is InChI=1S/C15H22N2O2S/c1-17(10-11-3-6-13(20-2)7-4-11)15(18)14-8-5-12(9-16)19-14/h3-4,6-7,12,14H,5,8-10,16H2,1-2H3. The molecule has 110 valence electrons. The lowest BCUT2D eigenvalue weighted by Crippen LogP contribution is -2.36. The lowest BCUT2D eigenvalue weighted by molar-refractivity contribution is -0.141. The third-order valence-electron chi connectivity index (χ3n) is 3.60. The van der Waals surface area contributed by atoms with Crippen LogP contribution in [-0.4, -0.2) is 42.9 Å². The summed E-state index contributed by atoms with van der Waals surface area (Å²) >= 11 is 1.71. The number of carbonyl (C=O) groups is 1. The number of thioether (sulfide) groups is 1. The first kappa shape index (κ1) is 15.4. The Labute approximate surface area is 124 Å². The van der Waals surface area contributed by atoms with Crippen LogP contribution in [-0.2, 0) is 16.1 Å². The summed E-state index contributed by atoms with van der Waals surface area (Å²) in [6.07, 6.45) is 3.42. The van der Waals surface area contributed by atoms with Gasteiger partial charge >= 0.3 is 0 Å². The molecule has 20 heavy (non-hydrogen) atoms. The van der Waals surface area contributed by atoms with Crippen LogP contribution in [0.25, 0.3) is 0 Å². The van der Waals surface area contributed by atoms with E-state index in [0.717, 1.165) is 18.4 Å². The minimum Gasteiger partial charge on any atom is -0.364 e. The first-order valence-corrected chi connectivity index (χ1v) is 8.10. The fraction of sp³-hybridized carbons (Fsp3) is 0.533. The van der Waals surface area contributed by atoms with Gasteiger partial charge < -0.3 is 15.4 Å². The van der Waals surface area contributed by atoms with Crippen LogP contribution in [0.1, 0.15) is 18.4 Å². The average molecular weight is 294 g/mol. The average Bonchev–Trinajstić information content (AvgIpc) is 2.96. The van der Waals surface area contributed by atoms with Crippen molar-refractivity contribution < 1.29 is 9.53 Å². The molecule has 0 aliphatic carbocycles. The smallest absolute Gasteiger partial charge is 0.251 e. The molecule has 5 heteroatoms. The largest absolute Gasteiger partial charge is 0.364 e. The van der Waals surface area contributed by atoms with Gasteiger partial charge in [0.2, 0.25) is 0 Å². The van der Waals surface area contributed by atoms with E-state index in [2.05, 4.69) is 30.5 Å². The second-order valence-electron chi connectivity index (χ2n) is 5.10. The summed E-state index contributed by atoms with van der Waals surface area (Å²) < 4.78 is 5.65. The Morgan fingerprint density at radius 2 is 2.10 bits per heavy atom. The van der Waals surface area contributed by atoms with Crippen LogP contribution in [0.5, 0.6) is 0 Å². The van der Waals surface area contributed by atoms with Crippen LogP contribution in [0, 0.1) is 0 Å². The number of hydrogen-bond acceptors (Lipinski definition) is 4. The molecule has 0 saturated carbocycles. The van der Waals surface area contributed by atoms with Crippen LogP contribution < -0.4 is 5.73 Å². The summed E-state index contributed by atoms with van der Waals surface area (Å²) in [4.78, 5) is 15.3. The normalized spacial score (nSPS) is 21.9. The highest BCUT2D eigenvalue weighted by atomic mass is 32.2. The van der Waals surface area contributed by atoms with Crippen molar-refractivity contribution in [2.75, 3.05) is 19.8 Å². The molecular weight excluding hydrogens is 272 g/mol. The lowest BCUT2D eigenvalue weighted by Gasteiger charge is -2.21. The maximum absolute atomic E-state index is 12.3. The molecule has 2 rings (SSSR count). The maximum Gasteiger partial charge on any atom is 0.251 e. The van der Waals surface area contributed by atoms with Gasteiger partial charge in [0, 0.05) is 25.0 Å². The van der Waals surface area contributed by atoms with Gasteiger partial charge in [0.05, 0.1) is 6.10 Å². The van der Waals surface area contributed by atoms with Crippen molar-refractivity contribution in [3.05, 3.63) is 29.8 Å². The summed E-state index contributed by atoms with van der Waals surface area (Å²) in [5.74, 6) is 0.0508. The molecule has 0 bridgehead atoms. The van der Waals surface area contributed by atoms with E-state index in [9.17, 15) is 4.79 Å². The zero-order chi connectivity index (χ0) is 14.5. The maximum atomic E-state index is 12.3. The van der Waals surface area contributed by atoms with Gasteiger partial charge in [-0.3, -0.25) is 4.79 Å². The van der Waals surface area contributed by atoms with Crippen LogP contribution in [0.4, 0.5) is 0 Å².